The van der Waals surface area contributed by atoms with E-state index >= 15 is 0 Å². The van der Waals surface area contributed by atoms with E-state index in [0.717, 1.165) is 11.3 Å². The van der Waals surface area contributed by atoms with E-state index in [-0.39, 0.29) is 17.5 Å². The van der Waals surface area contributed by atoms with Crippen LogP contribution in [0.1, 0.15) is 31.8 Å². The first-order valence-electron chi connectivity index (χ1n) is 13.8. The summed E-state index contributed by atoms with van der Waals surface area (Å²) in [6, 6.07) is 27.6. The molecule has 4 aromatic rings. The Bertz CT molecular complexity index is 1780. The minimum Gasteiger partial charge on any atom is -0.493 e. The zero-order chi connectivity index (χ0) is 29.0. The van der Waals surface area contributed by atoms with Crippen LogP contribution in [0.15, 0.2) is 103 Å². The average Bonchev–Trinajstić information content (AvgIpc) is 3.52. The van der Waals surface area contributed by atoms with E-state index in [1.807, 2.05) is 83.8 Å². The second-order valence-corrected chi connectivity index (χ2v) is 10.7. The van der Waals surface area contributed by atoms with Crippen molar-refractivity contribution in [1.29, 1.82) is 0 Å². The number of nitrogens with one attached hydrogen (secondary N) is 1. The highest BCUT2D eigenvalue weighted by atomic mass is 16.5. The highest BCUT2D eigenvalue weighted by Gasteiger charge is 2.70. The molecule has 208 valence electrons. The van der Waals surface area contributed by atoms with Crippen molar-refractivity contribution in [1.82, 2.24) is 0 Å². The highest BCUT2D eigenvalue weighted by Crippen LogP contribution is 2.58. The third-order valence-corrected chi connectivity index (χ3v) is 8.82. The van der Waals surface area contributed by atoms with Gasteiger partial charge in [-0.1, -0.05) is 78.9 Å². The zero-order valence-corrected chi connectivity index (χ0v) is 23.1. The summed E-state index contributed by atoms with van der Waals surface area (Å²) in [5, 5.41) is 3.06. The van der Waals surface area contributed by atoms with Crippen molar-refractivity contribution >= 4 is 34.9 Å². The number of nitrogens with zero attached hydrogens (tertiary/aromatic N) is 1. The average molecular weight is 557 g/mol. The first-order valence-corrected chi connectivity index (χ1v) is 13.8. The number of amides is 1. The summed E-state index contributed by atoms with van der Waals surface area (Å²) in [7, 11) is 3.04. The fraction of sp³-hybridized carbons (Fsp3) is 0.171. The Kier molecular flexibility index (Phi) is 5.97. The van der Waals surface area contributed by atoms with Gasteiger partial charge in [0.1, 0.15) is 11.5 Å². The molecule has 1 spiro atoms. The van der Waals surface area contributed by atoms with Crippen molar-refractivity contribution in [3.05, 3.63) is 125 Å². The number of rotatable bonds is 6. The number of carbonyl (C=O) groups excluding carboxylic acids is 3. The Morgan fingerprint density at radius 2 is 1.50 bits per heavy atom. The molecule has 0 aromatic heterocycles. The number of hydrogen-bond acceptors (Lipinski definition) is 6. The molecule has 7 rings (SSSR count). The van der Waals surface area contributed by atoms with Crippen LogP contribution in [0.25, 0.3) is 6.08 Å². The highest BCUT2D eigenvalue weighted by molar-refractivity contribution is 6.18. The van der Waals surface area contributed by atoms with E-state index in [0.29, 0.717) is 33.9 Å². The summed E-state index contributed by atoms with van der Waals surface area (Å²) in [4.78, 5) is 46.0. The van der Waals surface area contributed by atoms with Crippen LogP contribution in [0.3, 0.4) is 0 Å². The van der Waals surface area contributed by atoms with E-state index < -0.39 is 23.4 Å². The number of ketones is 2. The lowest BCUT2D eigenvalue weighted by molar-refractivity contribution is -0.121. The molecular weight excluding hydrogens is 528 g/mol. The molecule has 1 N–H and O–H groups in total. The maximum Gasteiger partial charge on any atom is 0.238 e. The number of methoxy groups -OCH3 is 2. The van der Waals surface area contributed by atoms with Gasteiger partial charge in [-0.05, 0) is 41.5 Å². The third-order valence-electron chi connectivity index (χ3n) is 8.82. The lowest BCUT2D eigenvalue weighted by Crippen LogP contribution is -2.51. The van der Waals surface area contributed by atoms with E-state index in [4.69, 9.17) is 9.47 Å². The molecule has 42 heavy (non-hydrogen) atoms. The van der Waals surface area contributed by atoms with Crippen LogP contribution in [-0.2, 0) is 10.2 Å². The molecule has 1 saturated heterocycles. The standard InChI is InChI=1S/C35H28N2O5/c1-41-27-18-16-23(20-28(27)42-2)32(38)30-31(33(39)22-11-4-3-5-12-22)37-26-15-9-6-10-21(26)17-19-29(37)35(30)24-13-7-8-14-25(24)36-34(35)40/h3-20,29-31H,1-2H3,(H,36,40)/t29-,30-,31-,35+/m1/s1. The van der Waals surface area contributed by atoms with Gasteiger partial charge in [-0.15, -0.1) is 0 Å². The van der Waals surface area contributed by atoms with Gasteiger partial charge in [0, 0.05) is 22.5 Å². The van der Waals surface area contributed by atoms with Gasteiger partial charge >= 0.3 is 0 Å². The van der Waals surface area contributed by atoms with Crippen LogP contribution in [-0.4, -0.2) is 43.8 Å². The lowest BCUT2D eigenvalue weighted by atomic mass is 9.64. The first kappa shape index (κ1) is 25.8. The van der Waals surface area contributed by atoms with Crippen LogP contribution in [0.5, 0.6) is 11.5 Å². The summed E-state index contributed by atoms with van der Waals surface area (Å²) in [5.74, 6) is -1.04. The van der Waals surface area contributed by atoms with Crippen molar-refractivity contribution in [2.24, 2.45) is 5.92 Å². The summed E-state index contributed by atoms with van der Waals surface area (Å²) in [6.07, 6.45) is 3.96. The second kappa shape index (κ2) is 9.73. The van der Waals surface area contributed by atoms with Crippen molar-refractivity contribution in [3.8, 4) is 11.5 Å². The molecule has 0 bridgehead atoms. The van der Waals surface area contributed by atoms with Crippen molar-refractivity contribution < 1.29 is 23.9 Å². The summed E-state index contributed by atoms with van der Waals surface area (Å²) >= 11 is 0. The van der Waals surface area contributed by atoms with Gasteiger partial charge in [0.25, 0.3) is 0 Å². The van der Waals surface area contributed by atoms with E-state index in [1.165, 1.54) is 14.2 Å². The topological polar surface area (TPSA) is 84.9 Å². The predicted octanol–water partition coefficient (Wildman–Crippen LogP) is 5.56. The molecular formula is C35H28N2O5. The Morgan fingerprint density at radius 3 is 2.29 bits per heavy atom. The van der Waals surface area contributed by atoms with Crippen molar-refractivity contribution in [3.63, 3.8) is 0 Å². The first-order chi connectivity index (χ1) is 20.5. The van der Waals surface area contributed by atoms with Crippen LogP contribution in [0.4, 0.5) is 11.4 Å². The van der Waals surface area contributed by atoms with Crippen LogP contribution in [0, 0.1) is 5.92 Å². The summed E-state index contributed by atoms with van der Waals surface area (Å²) in [5.41, 5.74) is 2.50. The predicted molar refractivity (Wildman–Crippen MR) is 160 cm³/mol. The van der Waals surface area contributed by atoms with Gasteiger partial charge in [-0.25, -0.2) is 0 Å². The normalized spacial score (nSPS) is 23.1. The quantitative estimate of drug-likeness (QED) is 0.313. The molecule has 3 aliphatic heterocycles. The molecule has 0 saturated carbocycles. The lowest BCUT2D eigenvalue weighted by Gasteiger charge is -2.37. The van der Waals surface area contributed by atoms with Crippen molar-refractivity contribution in [2.75, 3.05) is 24.4 Å². The minimum atomic E-state index is -1.38. The Hall–Kier alpha value is -5.17. The van der Waals surface area contributed by atoms with Gasteiger partial charge in [0.2, 0.25) is 5.91 Å². The number of ether oxygens (including phenoxy) is 2. The molecule has 3 aliphatic rings. The van der Waals surface area contributed by atoms with Gasteiger partial charge in [0.15, 0.2) is 23.1 Å². The second-order valence-electron chi connectivity index (χ2n) is 10.7. The monoisotopic (exact) mass is 556 g/mol. The smallest absolute Gasteiger partial charge is 0.238 e. The van der Waals surface area contributed by atoms with Crippen LogP contribution >= 0.6 is 0 Å². The zero-order valence-electron chi connectivity index (χ0n) is 23.1. The third kappa shape index (κ3) is 3.49. The number of benzene rings is 4. The molecule has 1 fully saturated rings. The van der Waals surface area contributed by atoms with Crippen LogP contribution in [0.2, 0.25) is 0 Å². The van der Waals surface area contributed by atoms with E-state index in [9.17, 15) is 14.4 Å². The van der Waals surface area contributed by atoms with Gasteiger partial charge in [0.05, 0.1) is 26.2 Å². The Morgan fingerprint density at radius 1 is 0.786 bits per heavy atom. The molecule has 0 radical (unpaired) electrons. The maximum atomic E-state index is 15.0. The Balaban J connectivity index is 1.53. The van der Waals surface area contributed by atoms with Gasteiger partial charge in [-0.2, -0.15) is 0 Å². The molecule has 4 atom stereocenters. The molecule has 3 heterocycles. The van der Waals surface area contributed by atoms with Gasteiger partial charge in [-0.3, -0.25) is 14.4 Å². The fourth-order valence-corrected chi connectivity index (χ4v) is 7.06. The molecule has 7 heteroatoms. The number of carbonyl (C=O) groups is 3. The van der Waals surface area contributed by atoms with Gasteiger partial charge < -0.3 is 19.7 Å². The van der Waals surface area contributed by atoms with Crippen LogP contribution < -0.4 is 19.7 Å². The summed E-state index contributed by atoms with van der Waals surface area (Å²) < 4.78 is 10.9. The van der Waals surface area contributed by atoms with E-state index in [1.54, 1.807) is 30.3 Å². The molecule has 1 amide bonds. The molecule has 4 aromatic carbocycles. The number of Topliss-reactive ketones (excluding diaryl/α,β-unsaturated/α-hetero) is 2. The molecule has 0 unspecified atom stereocenters. The number of para-hydroxylation sites is 2. The SMILES string of the molecule is COc1ccc(C(=O)[C@H]2[C@H](C(=O)c3ccccc3)N3c4ccccc4C=C[C@@H]3[C@]23C(=O)Nc2ccccc23)cc1OC. The number of hydrogen-bond donors (Lipinski definition) is 1. The Labute approximate surface area is 243 Å². The fourth-order valence-electron chi connectivity index (χ4n) is 7.06. The molecule has 0 aliphatic carbocycles. The maximum absolute atomic E-state index is 15.0. The molecule has 7 nitrogen and oxygen atoms in total. The van der Waals surface area contributed by atoms with E-state index in [2.05, 4.69) is 5.32 Å². The largest absolute Gasteiger partial charge is 0.493 e. The minimum absolute atomic E-state index is 0.224. The van der Waals surface area contributed by atoms with Crippen molar-refractivity contribution in [2.45, 2.75) is 17.5 Å². The number of anilines is 2. The number of fused-ring (bicyclic) bond motifs is 6. The summed E-state index contributed by atoms with van der Waals surface area (Å²) in [6.45, 7) is 0.